The maximum Gasteiger partial charge on any atom is 0.236 e. The maximum atomic E-state index is 11.2. The molecule has 0 aliphatic heterocycles. The van der Waals surface area contributed by atoms with E-state index in [0.717, 1.165) is 17.7 Å². The number of carbonyl (C=O) groups excluding carboxylic acids is 1. The fraction of sp³-hybridized carbons (Fsp3) is 0.462. The molecule has 1 amide bonds. The standard InChI is InChI=1S/C13H19ClN2O2/c1-9-8-11(14)4-5-12(9)18-7-3-6-16-13(17)10(2)15/h4-5,8,10H,3,6-7,15H2,1-2H3,(H,16,17). The average molecular weight is 271 g/mol. The minimum Gasteiger partial charge on any atom is -0.493 e. The number of benzene rings is 1. The number of carbonyl (C=O) groups is 1. The van der Waals surface area contributed by atoms with Gasteiger partial charge >= 0.3 is 0 Å². The number of rotatable bonds is 6. The van der Waals surface area contributed by atoms with Gasteiger partial charge < -0.3 is 15.8 Å². The fourth-order valence-electron chi connectivity index (χ4n) is 1.40. The lowest BCUT2D eigenvalue weighted by Gasteiger charge is -2.10. The van der Waals surface area contributed by atoms with Gasteiger partial charge in [-0.3, -0.25) is 4.79 Å². The molecule has 1 atom stereocenters. The summed E-state index contributed by atoms with van der Waals surface area (Å²) in [5.41, 5.74) is 6.42. The zero-order chi connectivity index (χ0) is 13.5. The van der Waals surface area contributed by atoms with Gasteiger partial charge in [0.1, 0.15) is 5.75 Å². The second kappa shape index (κ2) is 7.24. The van der Waals surface area contributed by atoms with E-state index in [2.05, 4.69) is 5.32 Å². The summed E-state index contributed by atoms with van der Waals surface area (Å²) in [4.78, 5) is 11.2. The third kappa shape index (κ3) is 4.94. The van der Waals surface area contributed by atoms with Crippen molar-refractivity contribution in [3.05, 3.63) is 28.8 Å². The first-order chi connectivity index (χ1) is 8.50. The molecule has 0 radical (unpaired) electrons. The number of hydrogen-bond donors (Lipinski definition) is 2. The first kappa shape index (κ1) is 14.8. The van der Waals surface area contributed by atoms with Crippen LogP contribution in [0.3, 0.4) is 0 Å². The number of amides is 1. The maximum absolute atomic E-state index is 11.2. The fourth-order valence-corrected chi connectivity index (χ4v) is 1.63. The van der Waals surface area contributed by atoms with Crippen LogP contribution in [0.1, 0.15) is 18.9 Å². The van der Waals surface area contributed by atoms with E-state index in [1.54, 1.807) is 13.0 Å². The van der Waals surface area contributed by atoms with Gasteiger partial charge in [-0.1, -0.05) is 11.6 Å². The number of hydrogen-bond acceptors (Lipinski definition) is 3. The molecule has 18 heavy (non-hydrogen) atoms. The van der Waals surface area contributed by atoms with Gasteiger partial charge in [-0.2, -0.15) is 0 Å². The van der Waals surface area contributed by atoms with Gasteiger partial charge in [0.15, 0.2) is 0 Å². The summed E-state index contributed by atoms with van der Waals surface area (Å²) >= 11 is 5.85. The Hall–Kier alpha value is -1.26. The number of ether oxygens (including phenoxy) is 1. The highest BCUT2D eigenvalue weighted by molar-refractivity contribution is 6.30. The topological polar surface area (TPSA) is 64.3 Å². The lowest BCUT2D eigenvalue weighted by Crippen LogP contribution is -2.38. The molecule has 5 heteroatoms. The van der Waals surface area contributed by atoms with Gasteiger partial charge in [-0.25, -0.2) is 0 Å². The molecule has 0 spiro atoms. The van der Waals surface area contributed by atoms with Crippen molar-refractivity contribution in [2.45, 2.75) is 26.3 Å². The zero-order valence-corrected chi connectivity index (χ0v) is 11.5. The minimum absolute atomic E-state index is 0.141. The van der Waals surface area contributed by atoms with Crippen molar-refractivity contribution in [2.75, 3.05) is 13.2 Å². The molecule has 1 aromatic rings. The molecule has 0 saturated heterocycles. The van der Waals surface area contributed by atoms with E-state index < -0.39 is 6.04 Å². The van der Waals surface area contributed by atoms with Crippen LogP contribution in [0, 0.1) is 6.92 Å². The predicted octanol–water partition coefficient (Wildman–Crippen LogP) is 1.88. The SMILES string of the molecule is Cc1cc(Cl)ccc1OCCCNC(=O)C(C)N. The van der Waals surface area contributed by atoms with Crippen LogP contribution in [-0.2, 0) is 4.79 Å². The van der Waals surface area contributed by atoms with Gasteiger partial charge in [0.2, 0.25) is 5.91 Å². The minimum atomic E-state index is -0.468. The van der Waals surface area contributed by atoms with E-state index in [1.807, 2.05) is 19.1 Å². The van der Waals surface area contributed by atoms with Crippen molar-refractivity contribution in [3.63, 3.8) is 0 Å². The molecule has 1 unspecified atom stereocenters. The Balaban J connectivity index is 2.24. The smallest absolute Gasteiger partial charge is 0.236 e. The van der Waals surface area contributed by atoms with Crippen LogP contribution >= 0.6 is 11.6 Å². The lowest BCUT2D eigenvalue weighted by atomic mass is 10.2. The van der Waals surface area contributed by atoms with Crippen LogP contribution in [0.2, 0.25) is 5.02 Å². The third-order valence-corrected chi connectivity index (χ3v) is 2.66. The summed E-state index contributed by atoms with van der Waals surface area (Å²) in [7, 11) is 0. The van der Waals surface area contributed by atoms with E-state index in [1.165, 1.54) is 0 Å². The Morgan fingerprint density at radius 2 is 2.28 bits per heavy atom. The summed E-state index contributed by atoms with van der Waals surface area (Å²) in [5, 5.41) is 3.43. The Labute approximate surface area is 112 Å². The summed E-state index contributed by atoms with van der Waals surface area (Å²) in [6.45, 7) is 4.71. The van der Waals surface area contributed by atoms with Gasteiger partial charge in [0.05, 0.1) is 12.6 Å². The van der Waals surface area contributed by atoms with Gasteiger partial charge in [-0.05, 0) is 44.0 Å². The molecule has 0 fully saturated rings. The summed E-state index contributed by atoms with van der Waals surface area (Å²) < 4.78 is 5.59. The molecule has 0 heterocycles. The van der Waals surface area contributed by atoms with Gasteiger partial charge in [0, 0.05) is 11.6 Å². The molecular weight excluding hydrogens is 252 g/mol. The van der Waals surface area contributed by atoms with Crippen LogP contribution in [0.5, 0.6) is 5.75 Å². The van der Waals surface area contributed by atoms with E-state index in [4.69, 9.17) is 22.1 Å². The Morgan fingerprint density at radius 3 is 2.89 bits per heavy atom. The van der Waals surface area contributed by atoms with Crippen molar-refractivity contribution in [3.8, 4) is 5.75 Å². The molecular formula is C13H19ClN2O2. The van der Waals surface area contributed by atoms with E-state index in [0.29, 0.717) is 18.2 Å². The van der Waals surface area contributed by atoms with Crippen molar-refractivity contribution >= 4 is 17.5 Å². The molecule has 0 aromatic heterocycles. The molecule has 4 nitrogen and oxygen atoms in total. The molecule has 0 saturated carbocycles. The van der Waals surface area contributed by atoms with E-state index in [9.17, 15) is 4.79 Å². The quantitative estimate of drug-likeness (QED) is 0.776. The van der Waals surface area contributed by atoms with E-state index >= 15 is 0 Å². The van der Waals surface area contributed by atoms with E-state index in [-0.39, 0.29) is 5.91 Å². The third-order valence-electron chi connectivity index (χ3n) is 2.43. The van der Waals surface area contributed by atoms with Crippen LogP contribution in [0.15, 0.2) is 18.2 Å². The first-order valence-corrected chi connectivity index (χ1v) is 6.30. The second-order valence-corrected chi connectivity index (χ2v) is 4.63. The monoisotopic (exact) mass is 270 g/mol. The highest BCUT2D eigenvalue weighted by Gasteiger charge is 2.05. The van der Waals surface area contributed by atoms with Crippen molar-refractivity contribution in [2.24, 2.45) is 5.73 Å². The number of nitrogens with two attached hydrogens (primary N) is 1. The van der Waals surface area contributed by atoms with Crippen LogP contribution < -0.4 is 15.8 Å². The highest BCUT2D eigenvalue weighted by Crippen LogP contribution is 2.21. The van der Waals surface area contributed by atoms with Gasteiger partial charge in [-0.15, -0.1) is 0 Å². The normalized spacial score (nSPS) is 12.0. The number of nitrogens with one attached hydrogen (secondary N) is 1. The predicted molar refractivity (Wildman–Crippen MR) is 73.0 cm³/mol. The summed E-state index contributed by atoms with van der Waals surface area (Å²) in [6.07, 6.45) is 0.737. The largest absolute Gasteiger partial charge is 0.493 e. The number of aryl methyl sites for hydroxylation is 1. The summed E-state index contributed by atoms with van der Waals surface area (Å²) in [6, 6.07) is 5.03. The molecule has 0 bridgehead atoms. The van der Waals surface area contributed by atoms with Crippen molar-refractivity contribution in [1.82, 2.24) is 5.32 Å². The highest BCUT2D eigenvalue weighted by atomic mass is 35.5. The molecule has 0 aliphatic carbocycles. The Morgan fingerprint density at radius 1 is 1.56 bits per heavy atom. The Kier molecular flexibility index (Phi) is 5.95. The average Bonchev–Trinajstić information content (AvgIpc) is 2.30. The van der Waals surface area contributed by atoms with Crippen LogP contribution in [-0.4, -0.2) is 25.1 Å². The number of halogens is 1. The van der Waals surface area contributed by atoms with Crippen molar-refractivity contribution < 1.29 is 9.53 Å². The molecule has 100 valence electrons. The first-order valence-electron chi connectivity index (χ1n) is 5.93. The zero-order valence-electron chi connectivity index (χ0n) is 10.7. The van der Waals surface area contributed by atoms with Crippen LogP contribution in [0.25, 0.3) is 0 Å². The van der Waals surface area contributed by atoms with Gasteiger partial charge in [0.25, 0.3) is 0 Å². The van der Waals surface area contributed by atoms with Crippen LogP contribution in [0.4, 0.5) is 0 Å². The second-order valence-electron chi connectivity index (χ2n) is 4.19. The molecule has 1 rings (SSSR count). The molecule has 1 aromatic carbocycles. The van der Waals surface area contributed by atoms with Crippen molar-refractivity contribution in [1.29, 1.82) is 0 Å². The Bertz CT molecular complexity index is 408. The lowest BCUT2D eigenvalue weighted by molar-refractivity contribution is -0.121. The molecule has 3 N–H and O–H groups in total. The molecule has 0 aliphatic rings. The summed E-state index contributed by atoms with van der Waals surface area (Å²) in [5.74, 6) is 0.676.